The molecule has 1 heterocycles. The van der Waals surface area contributed by atoms with Gasteiger partial charge in [0.1, 0.15) is 18.1 Å². The van der Waals surface area contributed by atoms with Gasteiger partial charge in [-0.2, -0.15) is 0 Å². The smallest absolute Gasteiger partial charge is 0.326 e. The van der Waals surface area contributed by atoms with E-state index in [1.807, 2.05) is 27.7 Å². The van der Waals surface area contributed by atoms with Crippen molar-refractivity contribution < 1.29 is 24.3 Å². The molecule has 1 aliphatic heterocycles. The van der Waals surface area contributed by atoms with E-state index in [9.17, 15) is 24.3 Å². The van der Waals surface area contributed by atoms with Gasteiger partial charge in [-0.25, -0.2) is 4.79 Å². The molecule has 1 saturated heterocycles. The first-order valence-electron chi connectivity index (χ1n) is 11.4. The van der Waals surface area contributed by atoms with Crippen molar-refractivity contribution in [2.24, 2.45) is 23.5 Å². The molecular formula is C22H40N4O5. The van der Waals surface area contributed by atoms with Crippen LogP contribution in [0.25, 0.3) is 0 Å². The number of carboxylic acids is 1. The van der Waals surface area contributed by atoms with E-state index in [0.29, 0.717) is 25.8 Å². The molecule has 0 bridgehead atoms. The molecule has 1 rings (SSSR count). The van der Waals surface area contributed by atoms with Gasteiger partial charge in [0, 0.05) is 6.54 Å². The van der Waals surface area contributed by atoms with Crippen LogP contribution < -0.4 is 16.4 Å². The maximum absolute atomic E-state index is 13.1. The van der Waals surface area contributed by atoms with Crippen molar-refractivity contribution in [3.05, 3.63) is 0 Å². The number of carbonyl (C=O) groups is 4. The monoisotopic (exact) mass is 440 g/mol. The topological polar surface area (TPSA) is 142 Å². The second kappa shape index (κ2) is 12.0. The second-order valence-electron chi connectivity index (χ2n) is 9.04. The van der Waals surface area contributed by atoms with Crippen LogP contribution in [0, 0.1) is 17.8 Å². The van der Waals surface area contributed by atoms with Crippen LogP contribution in [0.2, 0.25) is 0 Å². The Bertz CT molecular complexity index is 654. The van der Waals surface area contributed by atoms with Gasteiger partial charge in [0.2, 0.25) is 17.7 Å². The number of nitrogens with one attached hydrogen (secondary N) is 2. The summed E-state index contributed by atoms with van der Waals surface area (Å²) >= 11 is 0. The molecule has 9 nitrogen and oxygen atoms in total. The standard InChI is InChI=1S/C22H40N4O5/c1-7-13(5)16(23)19(27)25-18(14(6)8-2)20(28)24-17(12(3)4)21(29)26-11-9-10-15(26)22(30)31/h12-18H,7-11,23H2,1-6H3,(H,24,28)(H,25,27)(H,30,31). The Morgan fingerprint density at radius 2 is 1.52 bits per heavy atom. The van der Waals surface area contributed by atoms with E-state index in [1.54, 1.807) is 13.8 Å². The zero-order valence-electron chi connectivity index (χ0n) is 19.7. The normalized spacial score (nSPS) is 21.2. The third-order valence-corrected chi connectivity index (χ3v) is 6.40. The fourth-order valence-corrected chi connectivity index (χ4v) is 3.69. The van der Waals surface area contributed by atoms with Gasteiger partial charge >= 0.3 is 5.97 Å². The summed E-state index contributed by atoms with van der Waals surface area (Å²) in [6, 6.07) is -3.31. The first-order chi connectivity index (χ1) is 14.5. The van der Waals surface area contributed by atoms with Crippen molar-refractivity contribution in [3.8, 4) is 0 Å². The number of hydrogen-bond donors (Lipinski definition) is 4. The van der Waals surface area contributed by atoms with Gasteiger partial charge in [-0.05, 0) is 30.6 Å². The van der Waals surface area contributed by atoms with Crippen LogP contribution in [0.5, 0.6) is 0 Å². The minimum atomic E-state index is -1.04. The summed E-state index contributed by atoms with van der Waals surface area (Å²) in [5.41, 5.74) is 6.03. The summed E-state index contributed by atoms with van der Waals surface area (Å²) in [6.07, 6.45) is 2.39. The molecule has 9 heteroatoms. The predicted octanol–water partition coefficient (Wildman–Crippen LogP) is 1.11. The summed E-state index contributed by atoms with van der Waals surface area (Å²) in [7, 11) is 0. The van der Waals surface area contributed by atoms with E-state index in [1.165, 1.54) is 4.90 Å². The van der Waals surface area contributed by atoms with Crippen LogP contribution in [0.15, 0.2) is 0 Å². The van der Waals surface area contributed by atoms with Crippen molar-refractivity contribution in [2.45, 2.75) is 91.4 Å². The molecule has 0 spiro atoms. The minimum Gasteiger partial charge on any atom is -0.480 e. The molecule has 0 aromatic heterocycles. The minimum absolute atomic E-state index is 0.0336. The Kier molecular flexibility index (Phi) is 10.4. The lowest BCUT2D eigenvalue weighted by Gasteiger charge is -2.32. The molecule has 6 unspecified atom stereocenters. The molecule has 0 aromatic rings. The number of carbonyl (C=O) groups excluding carboxylic acids is 3. The van der Waals surface area contributed by atoms with Crippen LogP contribution in [0.4, 0.5) is 0 Å². The molecule has 3 amide bonds. The Morgan fingerprint density at radius 1 is 0.968 bits per heavy atom. The lowest BCUT2D eigenvalue weighted by atomic mass is 9.94. The van der Waals surface area contributed by atoms with E-state index < -0.39 is 47.9 Å². The average Bonchev–Trinajstić information content (AvgIpc) is 3.23. The SMILES string of the molecule is CCC(C)C(N)C(=O)NC(C(=O)NC(C(=O)N1CCCC1C(=O)O)C(C)C)C(C)CC. The Hall–Kier alpha value is -2.16. The molecule has 0 radical (unpaired) electrons. The van der Waals surface area contributed by atoms with Crippen LogP contribution in [0.3, 0.4) is 0 Å². The van der Waals surface area contributed by atoms with Gasteiger partial charge in [-0.3, -0.25) is 14.4 Å². The van der Waals surface area contributed by atoms with Crippen LogP contribution in [-0.4, -0.2) is 64.4 Å². The van der Waals surface area contributed by atoms with Crippen molar-refractivity contribution in [2.75, 3.05) is 6.54 Å². The second-order valence-corrected chi connectivity index (χ2v) is 9.04. The lowest BCUT2D eigenvalue weighted by Crippen LogP contribution is -2.60. The number of hydrogen-bond acceptors (Lipinski definition) is 5. The molecule has 31 heavy (non-hydrogen) atoms. The van der Waals surface area contributed by atoms with Crippen LogP contribution >= 0.6 is 0 Å². The van der Waals surface area contributed by atoms with E-state index >= 15 is 0 Å². The van der Waals surface area contributed by atoms with E-state index in [0.717, 1.165) is 6.42 Å². The molecule has 1 fully saturated rings. The highest BCUT2D eigenvalue weighted by Crippen LogP contribution is 2.21. The molecule has 5 N–H and O–H groups in total. The largest absolute Gasteiger partial charge is 0.480 e. The predicted molar refractivity (Wildman–Crippen MR) is 118 cm³/mol. The zero-order valence-corrected chi connectivity index (χ0v) is 19.7. The average molecular weight is 441 g/mol. The number of carboxylic acid groups (broad SMARTS) is 1. The van der Waals surface area contributed by atoms with Crippen molar-refractivity contribution in [1.82, 2.24) is 15.5 Å². The van der Waals surface area contributed by atoms with Crippen molar-refractivity contribution >= 4 is 23.7 Å². The van der Waals surface area contributed by atoms with E-state index in [4.69, 9.17) is 5.73 Å². The Labute approximate surface area is 185 Å². The fraction of sp³-hybridized carbons (Fsp3) is 0.818. The fourth-order valence-electron chi connectivity index (χ4n) is 3.69. The molecule has 0 aliphatic carbocycles. The number of aliphatic carboxylic acids is 1. The van der Waals surface area contributed by atoms with Gasteiger partial charge in [0.25, 0.3) is 0 Å². The highest BCUT2D eigenvalue weighted by molar-refractivity contribution is 5.94. The summed E-state index contributed by atoms with van der Waals surface area (Å²) in [5, 5.41) is 14.9. The molecule has 6 atom stereocenters. The third-order valence-electron chi connectivity index (χ3n) is 6.40. The summed E-state index contributed by atoms with van der Waals surface area (Å²) in [6.45, 7) is 11.5. The van der Waals surface area contributed by atoms with Crippen molar-refractivity contribution in [3.63, 3.8) is 0 Å². The van der Waals surface area contributed by atoms with Gasteiger partial charge < -0.3 is 26.4 Å². The van der Waals surface area contributed by atoms with Crippen molar-refractivity contribution in [1.29, 1.82) is 0 Å². The molecule has 0 aromatic carbocycles. The molecular weight excluding hydrogens is 400 g/mol. The summed E-state index contributed by atoms with van der Waals surface area (Å²) in [5.74, 6) is -2.75. The maximum Gasteiger partial charge on any atom is 0.326 e. The molecule has 1 aliphatic rings. The Morgan fingerprint density at radius 3 is 2.00 bits per heavy atom. The maximum atomic E-state index is 13.1. The number of nitrogens with zero attached hydrogens (tertiary/aromatic N) is 1. The van der Waals surface area contributed by atoms with Gasteiger partial charge in [0.05, 0.1) is 6.04 Å². The van der Waals surface area contributed by atoms with Crippen LogP contribution in [-0.2, 0) is 19.2 Å². The van der Waals surface area contributed by atoms with E-state index in [2.05, 4.69) is 10.6 Å². The zero-order chi connectivity index (χ0) is 23.9. The number of nitrogens with two attached hydrogens (primary N) is 1. The first kappa shape index (κ1) is 26.9. The lowest BCUT2D eigenvalue weighted by molar-refractivity contribution is -0.150. The highest BCUT2D eigenvalue weighted by Gasteiger charge is 2.40. The first-order valence-corrected chi connectivity index (χ1v) is 11.4. The molecule has 0 saturated carbocycles. The summed E-state index contributed by atoms with van der Waals surface area (Å²) in [4.78, 5) is 51.7. The Balaban J connectivity index is 3.00. The number of rotatable bonds is 11. The van der Waals surface area contributed by atoms with Gasteiger partial charge in [0.15, 0.2) is 0 Å². The quantitative estimate of drug-likeness (QED) is 0.379. The highest BCUT2D eigenvalue weighted by atomic mass is 16.4. The van der Waals surface area contributed by atoms with Crippen LogP contribution in [0.1, 0.15) is 67.2 Å². The van der Waals surface area contributed by atoms with E-state index in [-0.39, 0.29) is 17.8 Å². The number of amides is 3. The summed E-state index contributed by atoms with van der Waals surface area (Å²) < 4.78 is 0. The molecule has 178 valence electrons. The van der Waals surface area contributed by atoms with Gasteiger partial charge in [-0.15, -0.1) is 0 Å². The van der Waals surface area contributed by atoms with Gasteiger partial charge in [-0.1, -0.05) is 54.4 Å². The third kappa shape index (κ3) is 6.92. The number of likely N-dealkylation sites (tertiary alicyclic amines) is 1.